The molecule has 1 aromatic heterocycles. The number of carbonyl (C=O) groups is 2. The van der Waals surface area contributed by atoms with Crippen LogP contribution in [-0.2, 0) is 14.3 Å². The Balaban J connectivity index is 2.50. The van der Waals surface area contributed by atoms with Gasteiger partial charge in [0.25, 0.3) is 5.91 Å². The first-order valence-electron chi connectivity index (χ1n) is 9.84. The van der Waals surface area contributed by atoms with Gasteiger partial charge in [0.05, 0.1) is 18.1 Å². The molecule has 1 atom stereocenters. The van der Waals surface area contributed by atoms with Crippen molar-refractivity contribution in [3.63, 3.8) is 0 Å². The second-order valence-electron chi connectivity index (χ2n) is 8.03. The smallest absolute Gasteiger partial charge is 0.330 e. The molecule has 2 aromatic rings. The molecule has 2 rings (SSSR count). The highest BCUT2D eigenvalue weighted by molar-refractivity contribution is 7.20. The quantitative estimate of drug-likeness (QED) is 0.439. The van der Waals surface area contributed by atoms with Crippen LogP contribution in [0, 0.1) is 5.41 Å². The number of hydrogen-bond acceptors (Lipinski definition) is 6. The predicted molar refractivity (Wildman–Crippen MR) is 124 cm³/mol. The molecular formula is C23H28ClNO5S. The second kappa shape index (κ2) is 10.8. The Bertz CT molecular complexity index is 948. The van der Waals surface area contributed by atoms with E-state index in [1.807, 2.05) is 26.8 Å². The third kappa shape index (κ3) is 6.82. The average Bonchev–Trinajstić information content (AvgIpc) is 3.10. The number of carbonyl (C=O) groups excluding carboxylic acids is 2. The van der Waals surface area contributed by atoms with E-state index >= 15 is 0 Å². The molecule has 1 aromatic carbocycles. The summed E-state index contributed by atoms with van der Waals surface area (Å²) in [6, 6.07) is 8.78. The van der Waals surface area contributed by atoms with Gasteiger partial charge in [0, 0.05) is 29.8 Å². The zero-order valence-electron chi connectivity index (χ0n) is 18.3. The number of halogens is 1. The number of thiophene rings is 1. The number of ether oxygens (including phenoxy) is 2. The van der Waals surface area contributed by atoms with Gasteiger partial charge in [-0.2, -0.15) is 0 Å². The van der Waals surface area contributed by atoms with Gasteiger partial charge in [-0.15, -0.1) is 11.3 Å². The molecule has 1 heterocycles. The molecule has 1 amide bonds. The first kappa shape index (κ1) is 24.9. The molecule has 0 spiro atoms. The lowest BCUT2D eigenvalue weighted by atomic mass is 9.95. The molecule has 0 saturated carbocycles. The highest BCUT2D eigenvalue weighted by atomic mass is 35.5. The molecule has 168 valence electrons. The van der Waals surface area contributed by atoms with Crippen LogP contribution < -0.4 is 9.64 Å². The lowest BCUT2D eigenvalue weighted by Crippen LogP contribution is -2.37. The van der Waals surface area contributed by atoms with Crippen LogP contribution in [-0.4, -0.2) is 37.2 Å². The third-order valence-corrected chi connectivity index (χ3v) is 5.53. The maximum atomic E-state index is 13.1. The Morgan fingerprint density at radius 1 is 1.23 bits per heavy atom. The number of esters is 1. The first-order valence-corrected chi connectivity index (χ1v) is 11.0. The van der Waals surface area contributed by atoms with Crippen molar-refractivity contribution < 1.29 is 24.2 Å². The summed E-state index contributed by atoms with van der Waals surface area (Å²) < 4.78 is 10.7. The second-order valence-corrected chi connectivity index (χ2v) is 9.69. The van der Waals surface area contributed by atoms with Crippen molar-refractivity contribution in [2.75, 3.05) is 25.2 Å². The van der Waals surface area contributed by atoms with Crippen molar-refractivity contribution in [2.24, 2.45) is 5.41 Å². The zero-order chi connectivity index (χ0) is 23.2. The first-order chi connectivity index (χ1) is 14.6. The Kier molecular flexibility index (Phi) is 8.68. The summed E-state index contributed by atoms with van der Waals surface area (Å²) in [5, 5.41) is 11.7. The van der Waals surface area contributed by atoms with Gasteiger partial charge in [-0.05, 0) is 24.5 Å². The maximum absolute atomic E-state index is 13.1. The minimum atomic E-state index is -1.06. The SMILES string of the molecule is CCOC(=O)/C=C/C(=O)N(CC(C)(C)C)c1sc(Cl)cc1C(O)c1ccccc1OC. The molecule has 0 aliphatic rings. The van der Waals surface area contributed by atoms with Crippen molar-refractivity contribution in [1.82, 2.24) is 0 Å². The minimum absolute atomic E-state index is 0.221. The lowest BCUT2D eigenvalue weighted by Gasteiger charge is -2.30. The largest absolute Gasteiger partial charge is 0.496 e. The maximum Gasteiger partial charge on any atom is 0.330 e. The molecule has 6 nitrogen and oxygen atoms in total. The van der Waals surface area contributed by atoms with Crippen molar-refractivity contribution in [3.8, 4) is 5.75 Å². The number of para-hydroxylation sites is 1. The zero-order valence-corrected chi connectivity index (χ0v) is 19.9. The van der Waals surface area contributed by atoms with Crippen LogP contribution in [0.2, 0.25) is 4.34 Å². The average molecular weight is 466 g/mol. The highest BCUT2D eigenvalue weighted by Gasteiger charge is 2.29. The number of nitrogens with zero attached hydrogens (tertiary/aromatic N) is 1. The van der Waals surface area contributed by atoms with E-state index in [-0.39, 0.29) is 12.0 Å². The topological polar surface area (TPSA) is 76.1 Å². The summed E-state index contributed by atoms with van der Waals surface area (Å²) >= 11 is 7.50. The van der Waals surface area contributed by atoms with E-state index in [0.29, 0.717) is 32.8 Å². The van der Waals surface area contributed by atoms with E-state index in [1.54, 1.807) is 31.2 Å². The van der Waals surface area contributed by atoms with E-state index in [2.05, 4.69) is 0 Å². The molecule has 0 radical (unpaired) electrons. The number of aliphatic hydroxyl groups excluding tert-OH is 1. The monoisotopic (exact) mass is 465 g/mol. The molecule has 0 fully saturated rings. The van der Waals surface area contributed by atoms with Gasteiger partial charge in [0.2, 0.25) is 0 Å². The molecule has 0 aliphatic carbocycles. The van der Waals surface area contributed by atoms with Crippen molar-refractivity contribution in [1.29, 1.82) is 0 Å². The van der Waals surface area contributed by atoms with Crippen LogP contribution in [0.4, 0.5) is 5.00 Å². The molecular weight excluding hydrogens is 438 g/mol. The van der Waals surface area contributed by atoms with E-state index in [0.717, 1.165) is 6.08 Å². The fourth-order valence-corrected chi connectivity index (χ4v) is 4.24. The van der Waals surface area contributed by atoms with E-state index in [1.165, 1.54) is 29.4 Å². The number of anilines is 1. The van der Waals surface area contributed by atoms with Crippen LogP contribution in [0.15, 0.2) is 42.5 Å². The van der Waals surface area contributed by atoms with Crippen LogP contribution in [0.25, 0.3) is 0 Å². The summed E-state index contributed by atoms with van der Waals surface area (Å²) in [5.74, 6) is -0.473. The minimum Gasteiger partial charge on any atom is -0.496 e. The summed E-state index contributed by atoms with van der Waals surface area (Å²) in [7, 11) is 1.53. The summed E-state index contributed by atoms with van der Waals surface area (Å²) in [6.45, 7) is 8.24. The van der Waals surface area contributed by atoms with E-state index in [4.69, 9.17) is 21.1 Å². The Hall–Kier alpha value is -2.35. The van der Waals surface area contributed by atoms with E-state index in [9.17, 15) is 14.7 Å². The molecule has 1 unspecified atom stereocenters. The van der Waals surface area contributed by atoms with Gasteiger partial charge in [0.1, 0.15) is 16.9 Å². The van der Waals surface area contributed by atoms with Crippen molar-refractivity contribution in [2.45, 2.75) is 33.8 Å². The van der Waals surface area contributed by atoms with Crippen LogP contribution in [0.3, 0.4) is 0 Å². The van der Waals surface area contributed by atoms with Gasteiger partial charge < -0.3 is 14.6 Å². The number of aliphatic hydroxyl groups is 1. The summed E-state index contributed by atoms with van der Waals surface area (Å²) in [6.07, 6.45) is 1.23. The van der Waals surface area contributed by atoms with Gasteiger partial charge in [0.15, 0.2) is 0 Å². The Morgan fingerprint density at radius 2 is 1.90 bits per heavy atom. The fraction of sp³-hybridized carbons (Fsp3) is 0.391. The third-order valence-electron chi connectivity index (χ3n) is 4.23. The molecule has 1 N–H and O–H groups in total. The number of amides is 1. The van der Waals surface area contributed by atoms with Crippen molar-refractivity contribution >= 4 is 39.8 Å². The summed E-state index contributed by atoms with van der Waals surface area (Å²) in [4.78, 5) is 26.3. The molecule has 31 heavy (non-hydrogen) atoms. The number of hydrogen-bond donors (Lipinski definition) is 1. The normalized spacial score (nSPS) is 12.6. The predicted octanol–water partition coefficient (Wildman–Crippen LogP) is 4.99. The number of benzene rings is 1. The lowest BCUT2D eigenvalue weighted by molar-refractivity contribution is -0.137. The van der Waals surface area contributed by atoms with Gasteiger partial charge in [-0.3, -0.25) is 9.69 Å². The van der Waals surface area contributed by atoms with Gasteiger partial charge in [-0.25, -0.2) is 4.79 Å². The standard InChI is InChI=1S/C23H28ClNO5S/c1-6-30-20(27)12-11-19(26)25(14-23(2,3)4)22-16(13-18(24)31-22)21(28)15-9-7-8-10-17(15)29-5/h7-13,21,28H,6,14H2,1-5H3/b12-11+. The van der Waals surface area contributed by atoms with E-state index < -0.39 is 18.0 Å². The fourth-order valence-electron chi connectivity index (χ4n) is 2.98. The number of rotatable bonds is 8. The van der Waals surface area contributed by atoms with Crippen LogP contribution >= 0.6 is 22.9 Å². The molecule has 0 aliphatic heterocycles. The highest BCUT2D eigenvalue weighted by Crippen LogP contribution is 2.43. The van der Waals surface area contributed by atoms with Crippen LogP contribution in [0.5, 0.6) is 5.75 Å². The summed E-state index contributed by atoms with van der Waals surface area (Å²) in [5.41, 5.74) is 0.795. The molecule has 0 bridgehead atoms. The van der Waals surface area contributed by atoms with Crippen molar-refractivity contribution in [3.05, 3.63) is 57.9 Å². The number of methoxy groups -OCH3 is 1. The Morgan fingerprint density at radius 3 is 2.52 bits per heavy atom. The van der Waals surface area contributed by atoms with Gasteiger partial charge >= 0.3 is 5.97 Å². The molecule has 0 saturated heterocycles. The Labute approximate surface area is 192 Å². The van der Waals surface area contributed by atoms with Crippen LogP contribution in [0.1, 0.15) is 44.9 Å². The molecule has 8 heteroatoms. The van der Waals surface area contributed by atoms with Gasteiger partial charge in [-0.1, -0.05) is 50.6 Å².